The predicted octanol–water partition coefficient (Wildman–Crippen LogP) is 3.67. The first-order valence-corrected chi connectivity index (χ1v) is 12.8. The number of methoxy groups -OCH3 is 1. The molecule has 1 aromatic carbocycles. The lowest BCUT2D eigenvalue weighted by atomic mass is 9.90. The second-order valence-corrected chi connectivity index (χ2v) is 10.2. The van der Waals surface area contributed by atoms with E-state index in [0.717, 1.165) is 66.7 Å². The molecule has 188 valence electrons. The lowest BCUT2D eigenvalue weighted by molar-refractivity contribution is -0.137. The highest BCUT2D eigenvalue weighted by atomic mass is 19.1. The number of hydrogen-bond acceptors (Lipinski definition) is 6. The first kappa shape index (κ1) is 24.0. The number of carbonyl (C=O) groups is 1. The van der Waals surface area contributed by atoms with Crippen molar-refractivity contribution in [3.8, 4) is 5.75 Å². The lowest BCUT2D eigenvalue weighted by Crippen LogP contribution is -2.51. The standard InChI is InChI=1S/C27H35FN4O3/c1-34-18-20-14-29-27(30-15-20)31-9-6-21(7-10-31)25-13-22(25)8-11-35-24-4-2-19(3-5-24)12-26(33)32-16-23(28)17-32/h2-5,14-15,21-23,25H,6-13,16-18H2,1H3/t22?,25-/m1/s1. The van der Waals surface area contributed by atoms with Crippen molar-refractivity contribution in [2.75, 3.05) is 44.8 Å². The van der Waals surface area contributed by atoms with Crippen LogP contribution in [-0.2, 0) is 22.6 Å². The Balaban J connectivity index is 0.983. The maximum absolute atomic E-state index is 12.9. The van der Waals surface area contributed by atoms with Gasteiger partial charge in [-0.3, -0.25) is 4.79 Å². The van der Waals surface area contributed by atoms with Gasteiger partial charge in [-0.15, -0.1) is 0 Å². The molecule has 2 atom stereocenters. The van der Waals surface area contributed by atoms with Crippen LogP contribution < -0.4 is 9.64 Å². The summed E-state index contributed by atoms with van der Waals surface area (Å²) in [7, 11) is 1.68. The summed E-state index contributed by atoms with van der Waals surface area (Å²) in [4.78, 5) is 25.0. The van der Waals surface area contributed by atoms with E-state index in [1.165, 1.54) is 19.3 Å². The fourth-order valence-electron chi connectivity index (χ4n) is 5.41. The SMILES string of the molecule is COCc1cnc(N2CCC([C@H]3CC3CCOc3ccc(CC(=O)N4CC(F)C4)cc3)CC2)nc1. The minimum atomic E-state index is -0.854. The first-order valence-electron chi connectivity index (χ1n) is 12.8. The number of alkyl halides is 1. The van der Waals surface area contributed by atoms with Gasteiger partial charge in [0.1, 0.15) is 11.9 Å². The van der Waals surface area contributed by atoms with Gasteiger partial charge in [0.25, 0.3) is 0 Å². The average Bonchev–Trinajstić information content (AvgIpc) is 3.63. The van der Waals surface area contributed by atoms with Crippen molar-refractivity contribution in [1.82, 2.24) is 14.9 Å². The molecule has 7 nitrogen and oxygen atoms in total. The molecular weight excluding hydrogens is 447 g/mol. The van der Waals surface area contributed by atoms with Gasteiger partial charge >= 0.3 is 0 Å². The molecule has 2 aliphatic heterocycles. The average molecular weight is 483 g/mol. The van der Waals surface area contributed by atoms with E-state index < -0.39 is 6.17 Å². The molecule has 3 fully saturated rings. The van der Waals surface area contributed by atoms with Crippen LogP contribution in [0.5, 0.6) is 5.75 Å². The normalized spacial score (nSPS) is 22.7. The monoisotopic (exact) mass is 482 g/mol. The maximum Gasteiger partial charge on any atom is 0.227 e. The Kier molecular flexibility index (Phi) is 7.46. The summed E-state index contributed by atoms with van der Waals surface area (Å²) in [5, 5.41) is 0. The van der Waals surface area contributed by atoms with E-state index >= 15 is 0 Å². The molecule has 35 heavy (non-hydrogen) atoms. The molecule has 3 aliphatic rings. The summed E-state index contributed by atoms with van der Waals surface area (Å²) >= 11 is 0. The quantitative estimate of drug-likeness (QED) is 0.515. The number of carbonyl (C=O) groups excluding carboxylic acids is 1. The zero-order valence-electron chi connectivity index (χ0n) is 20.4. The van der Waals surface area contributed by atoms with Gasteiger partial charge in [-0.05, 0) is 61.1 Å². The molecule has 5 rings (SSSR count). The van der Waals surface area contributed by atoms with Crippen molar-refractivity contribution in [1.29, 1.82) is 0 Å². The van der Waals surface area contributed by atoms with E-state index in [2.05, 4.69) is 14.9 Å². The third-order valence-electron chi connectivity index (χ3n) is 7.63. The summed E-state index contributed by atoms with van der Waals surface area (Å²) in [5.41, 5.74) is 1.94. The van der Waals surface area contributed by atoms with Gasteiger partial charge in [-0.1, -0.05) is 12.1 Å². The number of halogens is 1. The molecule has 8 heteroatoms. The van der Waals surface area contributed by atoms with E-state index in [1.807, 2.05) is 36.7 Å². The highest BCUT2D eigenvalue weighted by Gasteiger charge is 2.43. The van der Waals surface area contributed by atoms with Crippen molar-refractivity contribution in [3.63, 3.8) is 0 Å². The summed E-state index contributed by atoms with van der Waals surface area (Å²) in [6.45, 7) is 3.79. The van der Waals surface area contributed by atoms with Crippen molar-refractivity contribution >= 4 is 11.9 Å². The van der Waals surface area contributed by atoms with Gasteiger partial charge in [0.05, 0.1) is 32.7 Å². The summed E-state index contributed by atoms with van der Waals surface area (Å²) in [6, 6.07) is 7.73. The Morgan fingerprint density at radius 3 is 2.46 bits per heavy atom. The Morgan fingerprint density at radius 1 is 1.09 bits per heavy atom. The van der Waals surface area contributed by atoms with E-state index in [1.54, 1.807) is 12.0 Å². The number of piperidine rings is 1. The van der Waals surface area contributed by atoms with Crippen LogP contribution in [0.1, 0.15) is 36.8 Å². The smallest absolute Gasteiger partial charge is 0.227 e. The summed E-state index contributed by atoms with van der Waals surface area (Å²) < 4.78 is 24.0. The number of rotatable bonds is 10. The van der Waals surface area contributed by atoms with Gasteiger partial charge in [0.2, 0.25) is 11.9 Å². The number of aromatic nitrogens is 2. The van der Waals surface area contributed by atoms with E-state index in [9.17, 15) is 9.18 Å². The largest absolute Gasteiger partial charge is 0.494 e. The first-order chi connectivity index (χ1) is 17.1. The van der Waals surface area contributed by atoms with E-state index in [4.69, 9.17) is 9.47 Å². The minimum Gasteiger partial charge on any atom is -0.494 e. The number of likely N-dealkylation sites (tertiary alicyclic amines) is 1. The molecule has 0 bridgehead atoms. The van der Waals surface area contributed by atoms with Crippen molar-refractivity contribution in [2.45, 2.75) is 44.9 Å². The van der Waals surface area contributed by atoms with Crippen LogP contribution >= 0.6 is 0 Å². The van der Waals surface area contributed by atoms with Gasteiger partial charge in [0, 0.05) is 38.2 Å². The van der Waals surface area contributed by atoms with E-state index in [-0.39, 0.29) is 19.0 Å². The molecular formula is C27H35FN4O3. The summed E-state index contributed by atoms with van der Waals surface area (Å²) in [5.74, 6) is 4.04. The molecule has 3 heterocycles. The highest BCUT2D eigenvalue weighted by Crippen LogP contribution is 2.49. The van der Waals surface area contributed by atoms with Crippen LogP contribution in [0, 0.1) is 17.8 Å². The number of benzene rings is 1. The van der Waals surface area contributed by atoms with Crippen LogP contribution in [0.2, 0.25) is 0 Å². The Bertz CT molecular complexity index is 973. The van der Waals surface area contributed by atoms with Crippen LogP contribution in [0.4, 0.5) is 10.3 Å². The topological polar surface area (TPSA) is 67.8 Å². The van der Waals surface area contributed by atoms with Crippen LogP contribution in [-0.4, -0.2) is 66.8 Å². The minimum absolute atomic E-state index is 0.00862. The molecule has 1 aromatic heterocycles. The number of hydrogen-bond donors (Lipinski definition) is 0. The Labute approximate surface area is 206 Å². The molecule has 1 amide bonds. The second-order valence-electron chi connectivity index (χ2n) is 10.2. The molecule has 0 radical (unpaired) electrons. The van der Waals surface area contributed by atoms with E-state index in [0.29, 0.717) is 13.0 Å². The second kappa shape index (κ2) is 10.9. The Morgan fingerprint density at radius 2 is 1.80 bits per heavy atom. The highest BCUT2D eigenvalue weighted by molar-refractivity contribution is 5.79. The van der Waals surface area contributed by atoms with Crippen molar-refractivity contribution in [3.05, 3.63) is 47.8 Å². The molecule has 2 saturated heterocycles. The van der Waals surface area contributed by atoms with Gasteiger partial charge in [-0.25, -0.2) is 14.4 Å². The zero-order valence-corrected chi connectivity index (χ0v) is 20.4. The number of amides is 1. The van der Waals surface area contributed by atoms with Crippen LogP contribution in [0.3, 0.4) is 0 Å². The Hall–Kier alpha value is -2.74. The molecule has 1 aliphatic carbocycles. The molecule has 2 aromatic rings. The number of ether oxygens (including phenoxy) is 2. The fourth-order valence-corrected chi connectivity index (χ4v) is 5.41. The van der Waals surface area contributed by atoms with Crippen molar-refractivity contribution < 1.29 is 18.7 Å². The molecule has 0 N–H and O–H groups in total. The predicted molar refractivity (Wildman–Crippen MR) is 131 cm³/mol. The number of nitrogens with zero attached hydrogens (tertiary/aromatic N) is 4. The fraction of sp³-hybridized carbons (Fsp3) is 0.593. The van der Waals surface area contributed by atoms with Gasteiger partial charge in [0.15, 0.2) is 0 Å². The lowest BCUT2D eigenvalue weighted by Gasteiger charge is -2.34. The molecule has 1 unspecified atom stereocenters. The third-order valence-corrected chi connectivity index (χ3v) is 7.63. The van der Waals surface area contributed by atoms with Gasteiger partial charge in [-0.2, -0.15) is 0 Å². The van der Waals surface area contributed by atoms with Crippen LogP contribution in [0.15, 0.2) is 36.7 Å². The number of anilines is 1. The van der Waals surface area contributed by atoms with Gasteiger partial charge < -0.3 is 19.3 Å². The van der Waals surface area contributed by atoms with Crippen LogP contribution in [0.25, 0.3) is 0 Å². The zero-order chi connectivity index (χ0) is 24.2. The molecule has 1 saturated carbocycles. The maximum atomic E-state index is 12.9. The van der Waals surface area contributed by atoms with Crippen molar-refractivity contribution in [2.24, 2.45) is 17.8 Å². The summed E-state index contributed by atoms with van der Waals surface area (Å²) in [6.07, 6.45) is 7.99. The molecule has 0 spiro atoms. The third kappa shape index (κ3) is 6.10.